The topological polar surface area (TPSA) is 55.1 Å². The van der Waals surface area contributed by atoms with E-state index >= 15 is 0 Å². The van der Waals surface area contributed by atoms with Gasteiger partial charge in [-0.15, -0.1) is 0 Å². The molecule has 0 bridgehead atoms. The number of rotatable bonds is 5. The molecule has 0 aromatic heterocycles. The Morgan fingerprint density at radius 1 is 1.60 bits per heavy atom. The minimum atomic E-state index is 0.163. The van der Waals surface area contributed by atoms with Gasteiger partial charge in [0, 0.05) is 23.8 Å². The van der Waals surface area contributed by atoms with E-state index in [1.165, 1.54) is 0 Å². The molecule has 1 aliphatic carbocycles. The van der Waals surface area contributed by atoms with Gasteiger partial charge in [-0.2, -0.15) is 11.8 Å². The number of carbonyl (C=O) groups is 1. The summed E-state index contributed by atoms with van der Waals surface area (Å²) < 4.78 is 0. The smallest absolute Gasteiger partial charge is 0.223 e. The number of hydrogen-bond acceptors (Lipinski definition) is 3. The fraction of sp³-hybridized carbons (Fsp3) is 0.909. The highest BCUT2D eigenvalue weighted by atomic mass is 32.2. The standard InChI is InChI=1S/C11H22N2OS/c1-3-10(7-15-2)13-11(14)8-4-5-9(12)6-8/h8-10H,3-7,12H2,1-2H3,(H,13,14). The summed E-state index contributed by atoms with van der Waals surface area (Å²) in [6.45, 7) is 2.11. The summed E-state index contributed by atoms with van der Waals surface area (Å²) in [7, 11) is 0. The molecule has 0 aliphatic heterocycles. The number of nitrogens with one attached hydrogen (secondary N) is 1. The minimum absolute atomic E-state index is 0.163. The van der Waals surface area contributed by atoms with Crippen LogP contribution in [-0.2, 0) is 4.79 Å². The highest BCUT2D eigenvalue weighted by Crippen LogP contribution is 2.24. The maximum Gasteiger partial charge on any atom is 0.223 e. The first kappa shape index (κ1) is 12.8. The molecule has 3 N–H and O–H groups in total. The third-order valence-electron chi connectivity index (χ3n) is 3.05. The second kappa shape index (κ2) is 6.38. The molecule has 3 atom stereocenters. The fourth-order valence-electron chi connectivity index (χ4n) is 2.04. The SMILES string of the molecule is CCC(CSC)NC(=O)C1CCC(N)C1. The first-order valence-corrected chi connectivity index (χ1v) is 7.11. The Bertz CT molecular complexity index is 211. The van der Waals surface area contributed by atoms with Crippen LogP contribution < -0.4 is 11.1 Å². The molecule has 0 spiro atoms. The maximum absolute atomic E-state index is 11.9. The molecule has 1 amide bonds. The maximum atomic E-state index is 11.9. The largest absolute Gasteiger partial charge is 0.352 e. The molecule has 0 radical (unpaired) electrons. The first-order valence-electron chi connectivity index (χ1n) is 5.72. The van der Waals surface area contributed by atoms with E-state index in [9.17, 15) is 4.79 Å². The molecule has 1 aliphatic rings. The van der Waals surface area contributed by atoms with Crippen molar-refractivity contribution in [2.75, 3.05) is 12.0 Å². The zero-order valence-electron chi connectivity index (χ0n) is 9.66. The van der Waals surface area contributed by atoms with E-state index < -0.39 is 0 Å². The van der Waals surface area contributed by atoms with Crippen molar-refractivity contribution < 1.29 is 4.79 Å². The van der Waals surface area contributed by atoms with Crippen LogP contribution in [-0.4, -0.2) is 30.0 Å². The van der Waals surface area contributed by atoms with E-state index in [1.807, 2.05) is 0 Å². The van der Waals surface area contributed by atoms with Crippen molar-refractivity contribution in [1.82, 2.24) is 5.32 Å². The summed E-state index contributed by atoms with van der Waals surface area (Å²) in [5.41, 5.74) is 5.80. The monoisotopic (exact) mass is 230 g/mol. The lowest BCUT2D eigenvalue weighted by Crippen LogP contribution is -2.39. The van der Waals surface area contributed by atoms with Gasteiger partial charge in [-0.25, -0.2) is 0 Å². The van der Waals surface area contributed by atoms with Crippen molar-refractivity contribution in [2.45, 2.75) is 44.7 Å². The zero-order valence-corrected chi connectivity index (χ0v) is 10.5. The van der Waals surface area contributed by atoms with E-state index in [1.54, 1.807) is 11.8 Å². The molecule has 3 nitrogen and oxygen atoms in total. The number of amides is 1. The summed E-state index contributed by atoms with van der Waals surface area (Å²) >= 11 is 1.78. The highest BCUT2D eigenvalue weighted by molar-refractivity contribution is 7.98. The van der Waals surface area contributed by atoms with Crippen molar-refractivity contribution in [3.63, 3.8) is 0 Å². The lowest BCUT2D eigenvalue weighted by atomic mass is 10.1. The van der Waals surface area contributed by atoms with Gasteiger partial charge in [-0.05, 0) is 31.9 Å². The predicted octanol–water partition coefficient (Wildman–Crippen LogP) is 1.37. The minimum Gasteiger partial charge on any atom is -0.352 e. The zero-order chi connectivity index (χ0) is 11.3. The lowest BCUT2D eigenvalue weighted by molar-refractivity contribution is -0.125. The van der Waals surface area contributed by atoms with Gasteiger partial charge in [0.25, 0.3) is 0 Å². The molecular weight excluding hydrogens is 208 g/mol. The quantitative estimate of drug-likeness (QED) is 0.750. The summed E-state index contributed by atoms with van der Waals surface area (Å²) in [5, 5.41) is 3.11. The average Bonchev–Trinajstić information content (AvgIpc) is 2.64. The second-order valence-electron chi connectivity index (χ2n) is 4.34. The molecule has 1 rings (SSSR count). The third kappa shape index (κ3) is 4.03. The molecule has 1 saturated carbocycles. The summed E-state index contributed by atoms with van der Waals surface area (Å²) in [6, 6.07) is 0.561. The van der Waals surface area contributed by atoms with Crippen LogP contribution in [0.3, 0.4) is 0 Å². The highest BCUT2D eigenvalue weighted by Gasteiger charge is 2.28. The van der Waals surface area contributed by atoms with Gasteiger partial charge in [-0.3, -0.25) is 4.79 Å². The Balaban J connectivity index is 2.33. The van der Waals surface area contributed by atoms with Crippen molar-refractivity contribution in [3.8, 4) is 0 Å². The van der Waals surface area contributed by atoms with Crippen LogP contribution in [0.2, 0.25) is 0 Å². The Labute approximate surface area is 96.6 Å². The van der Waals surface area contributed by atoms with Crippen molar-refractivity contribution in [1.29, 1.82) is 0 Å². The van der Waals surface area contributed by atoms with E-state index in [0.717, 1.165) is 31.4 Å². The molecule has 1 fully saturated rings. The normalized spacial score (nSPS) is 27.7. The third-order valence-corrected chi connectivity index (χ3v) is 3.79. The molecule has 4 heteroatoms. The van der Waals surface area contributed by atoms with Crippen LogP contribution in [0, 0.1) is 5.92 Å². The van der Waals surface area contributed by atoms with Gasteiger partial charge in [-0.1, -0.05) is 6.92 Å². The molecule has 0 aromatic rings. The van der Waals surface area contributed by atoms with Gasteiger partial charge in [0.2, 0.25) is 5.91 Å². The van der Waals surface area contributed by atoms with Crippen LogP contribution in [0.4, 0.5) is 0 Å². The predicted molar refractivity (Wildman–Crippen MR) is 65.9 cm³/mol. The van der Waals surface area contributed by atoms with Crippen LogP contribution in [0.1, 0.15) is 32.6 Å². The molecule has 15 heavy (non-hydrogen) atoms. The van der Waals surface area contributed by atoms with Crippen molar-refractivity contribution in [3.05, 3.63) is 0 Å². The molecule has 0 heterocycles. The Kier molecular flexibility index (Phi) is 5.47. The van der Waals surface area contributed by atoms with Crippen molar-refractivity contribution >= 4 is 17.7 Å². The Morgan fingerprint density at radius 2 is 2.33 bits per heavy atom. The summed E-state index contributed by atoms with van der Waals surface area (Å²) in [5.74, 6) is 1.38. The Morgan fingerprint density at radius 3 is 2.80 bits per heavy atom. The molecule has 3 unspecified atom stereocenters. The van der Waals surface area contributed by atoms with Crippen molar-refractivity contribution in [2.24, 2.45) is 11.7 Å². The second-order valence-corrected chi connectivity index (χ2v) is 5.25. The molecule has 88 valence electrons. The van der Waals surface area contributed by atoms with E-state index in [-0.39, 0.29) is 17.9 Å². The molecule has 0 aromatic carbocycles. The van der Waals surface area contributed by atoms with E-state index in [4.69, 9.17) is 5.73 Å². The van der Waals surface area contributed by atoms with Crippen LogP contribution >= 0.6 is 11.8 Å². The van der Waals surface area contributed by atoms with Gasteiger partial charge in [0.15, 0.2) is 0 Å². The number of hydrogen-bond donors (Lipinski definition) is 2. The number of nitrogens with two attached hydrogens (primary N) is 1. The number of carbonyl (C=O) groups excluding carboxylic acids is 1. The fourth-order valence-corrected chi connectivity index (χ4v) is 2.76. The summed E-state index contributed by atoms with van der Waals surface area (Å²) in [4.78, 5) is 11.9. The number of thioether (sulfide) groups is 1. The summed E-state index contributed by atoms with van der Waals surface area (Å²) in [6.07, 6.45) is 5.90. The van der Waals surface area contributed by atoms with Crippen LogP contribution in [0.25, 0.3) is 0 Å². The average molecular weight is 230 g/mol. The Hall–Kier alpha value is -0.220. The van der Waals surface area contributed by atoms with Gasteiger partial charge in [0.05, 0.1) is 0 Å². The first-order chi connectivity index (χ1) is 7.17. The van der Waals surface area contributed by atoms with Crippen LogP contribution in [0.5, 0.6) is 0 Å². The van der Waals surface area contributed by atoms with Crippen LogP contribution in [0.15, 0.2) is 0 Å². The van der Waals surface area contributed by atoms with E-state index in [2.05, 4.69) is 18.5 Å². The van der Waals surface area contributed by atoms with Gasteiger partial charge < -0.3 is 11.1 Å². The molecule has 0 saturated heterocycles. The van der Waals surface area contributed by atoms with E-state index in [0.29, 0.717) is 6.04 Å². The van der Waals surface area contributed by atoms with Gasteiger partial charge in [0.1, 0.15) is 0 Å². The van der Waals surface area contributed by atoms with Gasteiger partial charge >= 0.3 is 0 Å². The molecular formula is C11H22N2OS. The lowest BCUT2D eigenvalue weighted by Gasteiger charge is -2.18.